The summed E-state index contributed by atoms with van der Waals surface area (Å²) in [5, 5.41) is 39.5. The molecule has 0 heterocycles. The van der Waals surface area contributed by atoms with E-state index in [0.717, 1.165) is 12.8 Å². The summed E-state index contributed by atoms with van der Waals surface area (Å²) in [6, 6.07) is -0.763. The number of aliphatic hydroxyl groups is 4. The number of carbonyl (C=O) groups excluding carboxylic acids is 1. The van der Waals surface area contributed by atoms with E-state index in [1.807, 2.05) is 0 Å². The number of aliphatic hydroxyl groups excluding tert-OH is 4. The molecule has 0 aliphatic heterocycles. The maximum atomic E-state index is 10.9. The van der Waals surface area contributed by atoms with Gasteiger partial charge in [-0.2, -0.15) is 0 Å². The summed E-state index contributed by atoms with van der Waals surface area (Å²) in [6.07, 6.45) is 2.07. The van der Waals surface area contributed by atoms with E-state index in [-0.39, 0.29) is 57.5 Å². The Kier molecular flexibility index (Phi) is 16.7. The topological polar surface area (TPSA) is 181 Å². The van der Waals surface area contributed by atoms with Crippen LogP contribution >= 0.6 is 0 Å². The smallest absolute Gasteiger partial charge is 0.234 e. The molecule has 27 heavy (non-hydrogen) atoms. The Balaban J connectivity index is 4.19. The molecule has 0 bridgehead atoms. The van der Waals surface area contributed by atoms with Crippen molar-refractivity contribution in [2.24, 2.45) is 23.3 Å². The highest BCUT2D eigenvalue weighted by Crippen LogP contribution is 2.01. The Morgan fingerprint density at radius 3 is 1.74 bits per heavy atom. The van der Waals surface area contributed by atoms with Gasteiger partial charge in [0.05, 0.1) is 64.9 Å². The summed E-state index contributed by atoms with van der Waals surface area (Å²) in [7, 11) is 0. The van der Waals surface area contributed by atoms with Gasteiger partial charge in [-0.15, -0.1) is 0 Å². The highest BCUT2D eigenvalue weighted by atomic mass is 16.5. The Hall–Kier alpha value is -0.850. The van der Waals surface area contributed by atoms with Crippen LogP contribution in [-0.4, -0.2) is 97.8 Å². The van der Waals surface area contributed by atoms with E-state index >= 15 is 0 Å². The van der Waals surface area contributed by atoms with Crippen molar-refractivity contribution in [2.75, 3.05) is 59.4 Å². The van der Waals surface area contributed by atoms with Crippen LogP contribution in [0.25, 0.3) is 0 Å². The van der Waals surface area contributed by atoms with Crippen LogP contribution in [0.15, 0.2) is 0 Å². The van der Waals surface area contributed by atoms with E-state index in [1.54, 1.807) is 0 Å². The lowest BCUT2D eigenvalue weighted by Crippen LogP contribution is -2.40. The van der Waals surface area contributed by atoms with Crippen LogP contribution in [0.2, 0.25) is 0 Å². The molecule has 1 amide bonds. The monoisotopic (exact) mass is 395 g/mol. The van der Waals surface area contributed by atoms with E-state index in [9.17, 15) is 4.79 Å². The molecular formula is C17H37N3O7. The molecule has 0 saturated carbocycles. The van der Waals surface area contributed by atoms with Gasteiger partial charge in [-0.05, 0) is 19.4 Å². The van der Waals surface area contributed by atoms with Crippen molar-refractivity contribution in [1.82, 2.24) is 5.32 Å². The second kappa shape index (κ2) is 17.3. The molecule has 0 aliphatic rings. The van der Waals surface area contributed by atoms with Gasteiger partial charge in [-0.3, -0.25) is 4.79 Å². The lowest BCUT2D eigenvalue weighted by molar-refractivity contribution is -0.119. The molecule has 0 aromatic heterocycles. The maximum Gasteiger partial charge on any atom is 0.234 e. The first-order valence-corrected chi connectivity index (χ1v) is 9.35. The zero-order valence-electron chi connectivity index (χ0n) is 16.0. The first-order valence-electron chi connectivity index (χ1n) is 9.35. The fourth-order valence-electron chi connectivity index (χ4n) is 2.18. The molecule has 10 heteroatoms. The average Bonchev–Trinajstić information content (AvgIpc) is 2.67. The van der Waals surface area contributed by atoms with Gasteiger partial charge in [0.15, 0.2) is 0 Å². The van der Waals surface area contributed by atoms with Crippen LogP contribution in [0.5, 0.6) is 0 Å². The number of unbranched alkanes of at least 4 members (excludes halogenated alkanes) is 1. The minimum absolute atomic E-state index is 0.133. The van der Waals surface area contributed by atoms with Gasteiger partial charge in [0, 0.05) is 11.8 Å². The molecule has 0 spiro atoms. The van der Waals surface area contributed by atoms with Crippen molar-refractivity contribution >= 4 is 5.91 Å². The summed E-state index contributed by atoms with van der Waals surface area (Å²) in [4.78, 5) is 10.9. The second-order valence-electron chi connectivity index (χ2n) is 6.69. The number of ether oxygens (including phenoxy) is 2. The number of nitrogens with one attached hydrogen (secondary N) is 1. The fraction of sp³-hybridized carbons (Fsp3) is 0.941. The van der Waals surface area contributed by atoms with Crippen LogP contribution in [0.3, 0.4) is 0 Å². The van der Waals surface area contributed by atoms with Crippen molar-refractivity contribution < 1.29 is 34.7 Å². The van der Waals surface area contributed by atoms with Gasteiger partial charge >= 0.3 is 0 Å². The van der Waals surface area contributed by atoms with Crippen LogP contribution in [-0.2, 0) is 14.3 Å². The van der Waals surface area contributed by atoms with Crippen LogP contribution in [0.1, 0.15) is 19.3 Å². The number of hydrogen-bond acceptors (Lipinski definition) is 9. The quantitative estimate of drug-likeness (QED) is 0.113. The third kappa shape index (κ3) is 13.9. The van der Waals surface area contributed by atoms with E-state index < -0.39 is 11.9 Å². The lowest BCUT2D eigenvalue weighted by Gasteiger charge is -2.21. The van der Waals surface area contributed by atoms with Gasteiger partial charge in [-0.1, -0.05) is 6.42 Å². The molecule has 1 atom stereocenters. The van der Waals surface area contributed by atoms with E-state index in [1.165, 1.54) is 0 Å². The Morgan fingerprint density at radius 1 is 0.852 bits per heavy atom. The molecule has 0 aromatic carbocycles. The minimum atomic E-state index is -0.629. The average molecular weight is 395 g/mol. The van der Waals surface area contributed by atoms with Gasteiger partial charge < -0.3 is 46.7 Å². The third-order valence-corrected chi connectivity index (χ3v) is 4.12. The molecule has 9 N–H and O–H groups in total. The summed E-state index contributed by atoms with van der Waals surface area (Å²) in [5.74, 6) is -1.16. The molecule has 0 unspecified atom stereocenters. The first-order chi connectivity index (χ1) is 13.0. The number of carbonyl (C=O) groups is 1. The maximum absolute atomic E-state index is 10.9. The Labute approximate surface area is 160 Å². The Bertz CT molecular complexity index is 337. The lowest BCUT2D eigenvalue weighted by atomic mass is 10.1. The third-order valence-electron chi connectivity index (χ3n) is 4.12. The Morgan fingerprint density at radius 2 is 1.33 bits per heavy atom. The zero-order valence-corrected chi connectivity index (χ0v) is 16.0. The van der Waals surface area contributed by atoms with Crippen molar-refractivity contribution in [3.05, 3.63) is 0 Å². The summed E-state index contributed by atoms with van der Waals surface area (Å²) >= 11 is 0. The molecule has 10 nitrogen and oxygen atoms in total. The van der Waals surface area contributed by atoms with Crippen LogP contribution in [0.4, 0.5) is 0 Å². The molecule has 162 valence electrons. The van der Waals surface area contributed by atoms with Crippen molar-refractivity contribution in [1.29, 1.82) is 0 Å². The van der Waals surface area contributed by atoms with Gasteiger partial charge in [-0.25, -0.2) is 0 Å². The molecule has 0 aliphatic carbocycles. The highest BCUT2D eigenvalue weighted by Gasteiger charge is 2.14. The fourth-order valence-corrected chi connectivity index (χ4v) is 2.18. The summed E-state index contributed by atoms with van der Waals surface area (Å²) in [5.41, 5.74) is 10.7. The van der Waals surface area contributed by atoms with E-state index in [0.29, 0.717) is 26.2 Å². The van der Waals surface area contributed by atoms with Gasteiger partial charge in [0.2, 0.25) is 5.91 Å². The molecule has 0 rings (SSSR count). The molecule has 0 aromatic rings. The number of amides is 1. The normalized spacial score (nSPS) is 13.0. The van der Waals surface area contributed by atoms with Gasteiger partial charge in [0.25, 0.3) is 0 Å². The zero-order chi connectivity index (χ0) is 20.5. The largest absolute Gasteiger partial charge is 0.396 e. The number of nitrogens with two attached hydrogens (primary N) is 2. The predicted octanol–water partition coefficient (Wildman–Crippen LogP) is -2.84. The number of hydrogen-bond donors (Lipinski definition) is 7. The molecule has 0 fully saturated rings. The summed E-state index contributed by atoms with van der Waals surface area (Å²) < 4.78 is 11.1. The predicted molar refractivity (Wildman–Crippen MR) is 99.8 cm³/mol. The first kappa shape index (κ1) is 26.1. The number of primary amides is 1. The highest BCUT2D eigenvalue weighted by molar-refractivity contribution is 5.79. The standard InChI is InChI=1S/C17H37N3O7/c18-16(17(19)25)3-1-2-4-20-15(11-26-9-13(5-21)6-22)12-27-10-14(7-23)8-24/h13-16,20-24H,1-12,18H2,(H2,19,25)/t16-/m1/s1. The second-order valence-corrected chi connectivity index (χ2v) is 6.69. The SMILES string of the molecule is NC(=O)[C@H](N)CCCCNC(COCC(CO)CO)COCC(CO)CO. The molecule has 0 saturated heterocycles. The van der Waals surface area contributed by atoms with Crippen molar-refractivity contribution in [2.45, 2.75) is 31.3 Å². The number of rotatable bonds is 19. The van der Waals surface area contributed by atoms with Crippen molar-refractivity contribution in [3.63, 3.8) is 0 Å². The van der Waals surface area contributed by atoms with Crippen molar-refractivity contribution in [3.8, 4) is 0 Å². The van der Waals surface area contributed by atoms with E-state index in [2.05, 4.69) is 5.32 Å². The van der Waals surface area contributed by atoms with Crippen LogP contribution < -0.4 is 16.8 Å². The molecular weight excluding hydrogens is 358 g/mol. The molecule has 0 radical (unpaired) electrons. The minimum Gasteiger partial charge on any atom is -0.396 e. The van der Waals surface area contributed by atoms with Crippen LogP contribution in [0, 0.1) is 11.8 Å². The summed E-state index contributed by atoms with van der Waals surface area (Å²) in [6.45, 7) is 1.15. The van der Waals surface area contributed by atoms with Gasteiger partial charge in [0.1, 0.15) is 0 Å². The van der Waals surface area contributed by atoms with E-state index in [4.69, 9.17) is 41.4 Å².